The van der Waals surface area contributed by atoms with Gasteiger partial charge in [0.15, 0.2) is 0 Å². The molecule has 0 aliphatic heterocycles. The molecule has 3 heteroatoms. The Morgan fingerprint density at radius 1 is 1.29 bits per heavy atom. The predicted octanol–water partition coefficient (Wildman–Crippen LogP) is 3.54. The second kappa shape index (κ2) is 4.29. The maximum Gasteiger partial charge on any atom is 0.120 e. The first-order valence-electron chi connectivity index (χ1n) is 6.20. The largest absolute Gasteiger partial charge is 0.497 e. The first kappa shape index (κ1) is 11.5. The molecule has 3 rings (SSSR count). The van der Waals surface area contributed by atoms with E-state index in [2.05, 4.69) is 15.9 Å². The van der Waals surface area contributed by atoms with Gasteiger partial charge in [-0.25, -0.2) is 0 Å². The molecule has 1 aromatic rings. The zero-order valence-corrected chi connectivity index (χ0v) is 11.5. The van der Waals surface area contributed by atoms with Gasteiger partial charge in [0.05, 0.1) is 13.2 Å². The Kier molecular flexibility index (Phi) is 2.91. The Hall–Kier alpha value is -0.540. The van der Waals surface area contributed by atoms with E-state index >= 15 is 0 Å². The molecule has 2 aliphatic carbocycles. The molecule has 0 amide bonds. The van der Waals surface area contributed by atoms with Crippen LogP contribution < -0.4 is 4.74 Å². The molecule has 1 N–H and O–H groups in total. The molecule has 1 aromatic carbocycles. The summed E-state index contributed by atoms with van der Waals surface area (Å²) in [5.41, 5.74) is 0.997. The lowest BCUT2D eigenvalue weighted by atomic mass is 9.91. The lowest BCUT2D eigenvalue weighted by Crippen LogP contribution is -2.11. The first-order chi connectivity index (χ1) is 8.19. The standard InChI is InChI=1S/C14H17BrO2/c1-17-11-2-3-12(13(15)7-11)14(16)10-5-8-4-9(8)6-10/h2-3,7-10,14,16H,4-6H2,1H3. The summed E-state index contributed by atoms with van der Waals surface area (Å²) in [6.07, 6.45) is 3.46. The summed E-state index contributed by atoms with van der Waals surface area (Å²) in [6, 6.07) is 5.81. The average molecular weight is 297 g/mol. The molecule has 2 nitrogen and oxygen atoms in total. The second-order valence-electron chi connectivity index (χ2n) is 5.32. The molecule has 0 radical (unpaired) electrons. The third-order valence-electron chi connectivity index (χ3n) is 4.25. The second-order valence-corrected chi connectivity index (χ2v) is 6.17. The van der Waals surface area contributed by atoms with E-state index in [0.29, 0.717) is 5.92 Å². The Morgan fingerprint density at radius 3 is 2.59 bits per heavy atom. The van der Waals surface area contributed by atoms with E-state index in [0.717, 1.165) is 27.6 Å². The van der Waals surface area contributed by atoms with Crippen molar-refractivity contribution in [2.75, 3.05) is 7.11 Å². The number of methoxy groups -OCH3 is 1. The quantitative estimate of drug-likeness (QED) is 0.924. The van der Waals surface area contributed by atoms with Gasteiger partial charge in [0.1, 0.15) is 5.75 Å². The summed E-state index contributed by atoms with van der Waals surface area (Å²) in [4.78, 5) is 0. The molecule has 0 heterocycles. The van der Waals surface area contributed by atoms with Crippen molar-refractivity contribution in [3.05, 3.63) is 28.2 Å². The molecule has 0 bridgehead atoms. The first-order valence-corrected chi connectivity index (χ1v) is 7.00. The lowest BCUT2D eigenvalue weighted by Gasteiger charge is -2.21. The van der Waals surface area contributed by atoms with Crippen LogP contribution in [0.5, 0.6) is 5.75 Å². The molecule has 3 unspecified atom stereocenters. The molecule has 0 spiro atoms. The topological polar surface area (TPSA) is 29.5 Å². The zero-order valence-electron chi connectivity index (χ0n) is 9.90. The summed E-state index contributed by atoms with van der Waals surface area (Å²) >= 11 is 3.52. The van der Waals surface area contributed by atoms with E-state index in [4.69, 9.17) is 4.74 Å². The highest BCUT2D eigenvalue weighted by Crippen LogP contribution is 2.57. The van der Waals surface area contributed by atoms with Crippen LogP contribution in [0.2, 0.25) is 0 Å². The maximum absolute atomic E-state index is 10.4. The molecule has 2 fully saturated rings. The molecule has 2 aliphatic rings. The monoisotopic (exact) mass is 296 g/mol. The Bertz CT molecular complexity index is 422. The van der Waals surface area contributed by atoms with Crippen molar-refractivity contribution in [2.24, 2.45) is 17.8 Å². The van der Waals surface area contributed by atoms with Gasteiger partial charge in [0.25, 0.3) is 0 Å². The lowest BCUT2D eigenvalue weighted by molar-refractivity contribution is 0.104. The number of hydrogen-bond acceptors (Lipinski definition) is 2. The van der Waals surface area contributed by atoms with Crippen LogP contribution in [0, 0.1) is 17.8 Å². The van der Waals surface area contributed by atoms with Crippen LogP contribution in [0.1, 0.15) is 30.9 Å². The summed E-state index contributed by atoms with van der Waals surface area (Å²) in [5.74, 6) is 3.09. The highest BCUT2D eigenvalue weighted by molar-refractivity contribution is 9.10. The van der Waals surface area contributed by atoms with Crippen molar-refractivity contribution in [3.63, 3.8) is 0 Å². The van der Waals surface area contributed by atoms with Gasteiger partial charge in [-0.1, -0.05) is 22.0 Å². The van der Waals surface area contributed by atoms with Crippen molar-refractivity contribution in [1.29, 1.82) is 0 Å². The third-order valence-corrected chi connectivity index (χ3v) is 4.94. The van der Waals surface area contributed by atoms with Crippen LogP contribution in [0.4, 0.5) is 0 Å². The maximum atomic E-state index is 10.4. The number of fused-ring (bicyclic) bond motifs is 1. The highest BCUT2D eigenvalue weighted by atomic mass is 79.9. The van der Waals surface area contributed by atoms with E-state index in [9.17, 15) is 5.11 Å². The number of benzene rings is 1. The minimum atomic E-state index is -0.330. The summed E-state index contributed by atoms with van der Waals surface area (Å²) in [7, 11) is 1.66. The molecule has 17 heavy (non-hydrogen) atoms. The van der Waals surface area contributed by atoms with Crippen LogP contribution in [0.25, 0.3) is 0 Å². The van der Waals surface area contributed by atoms with Gasteiger partial charge >= 0.3 is 0 Å². The SMILES string of the molecule is COc1ccc(C(O)C2CC3CC3C2)c(Br)c1. The van der Waals surface area contributed by atoms with Gasteiger partial charge < -0.3 is 9.84 Å². The van der Waals surface area contributed by atoms with E-state index in [-0.39, 0.29) is 6.10 Å². The third kappa shape index (κ3) is 2.11. The number of aliphatic hydroxyl groups is 1. The van der Waals surface area contributed by atoms with Gasteiger partial charge in [0.2, 0.25) is 0 Å². The smallest absolute Gasteiger partial charge is 0.120 e. The van der Waals surface area contributed by atoms with E-state index in [1.165, 1.54) is 19.3 Å². The summed E-state index contributed by atoms with van der Waals surface area (Å²) < 4.78 is 6.12. The number of halogens is 1. The fraction of sp³-hybridized carbons (Fsp3) is 0.571. The molecule has 0 saturated heterocycles. The minimum absolute atomic E-state index is 0.330. The molecule has 2 saturated carbocycles. The van der Waals surface area contributed by atoms with Crippen LogP contribution in [-0.4, -0.2) is 12.2 Å². The zero-order chi connectivity index (χ0) is 12.0. The average Bonchev–Trinajstić information content (AvgIpc) is 2.95. The van der Waals surface area contributed by atoms with E-state index in [1.807, 2.05) is 18.2 Å². The van der Waals surface area contributed by atoms with Crippen LogP contribution >= 0.6 is 15.9 Å². The van der Waals surface area contributed by atoms with Gasteiger partial charge in [-0.15, -0.1) is 0 Å². The molecular weight excluding hydrogens is 280 g/mol. The van der Waals surface area contributed by atoms with Crippen molar-refractivity contribution in [2.45, 2.75) is 25.4 Å². The number of rotatable bonds is 3. The molecular formula is C14H17BrO2. The Labute approximate surface area is 110 Å². The number of hydrogen-bond donors (Lipinski definition) is 1. The summed E-state index contributed by atoms with van der Waals surface area (Å²) in [5, 5.41) is 10.4. The fourth-order valence-corrected chi connectivity index (χ4v) is 3.74. The normalized spacial score (nSPS) is 32.1. The van der Waals surface area contributed by atoms with Crippen LogP contribution in [0.3, 0.4) is 0 Å². The Morgan fingerprint density at radius 2 is 2.00 bits per heavy atom. The highest BCUT2D eigenvalue weighted by Gasteiger charge is 2.48. The molecule has 92 valence electrons. The van der Waals surface area contributed by atoms with Gasteiger partial charge in [-0.2, -0.15) is 0 Å². The Balaban J connectivity index is 1.78. The van der Waals surface area contributed by atoms with E-state index < -0.39 is 0 Å². The predicted molar refractivity (Wildman–Crippen MR) is 70.0 cm³/mol. The van der Waals surface area contributed by atoms with E-state index in [1.54, 1.807) is 7.11 Å². The van der Waals surface area contributed by atoms with Crippen molar-refractivity contribution in [1.82, 2.24) is 0 Å². The van der Waals surface area contributed by atoms with Gasteiger partial charge in [0, 0.05) is 4.47 Å². The molecule has 0 aromatic heterocycles. The van der Waals surface area contributed by atoms with Crippen LogP contribution in [-0.2, 0) is 0 Å². The van der Waals surface area contributed by atoms with Crippen molar-refractivity contribution in [3.8, 4) is 5.75 Å². The number of aliphatic hydroxyl groups excluding tert-OH is 1. The number of ether oxygens (including phenoxy) is 1. The van der Waals surface area contributed by atoms with Crippen molar-refractivity contribution >= 4 is 15.9 Å². The van der Waals surface area contributed by atoms with Crippen molar-refractivity contribution < 1.29 is 9.84 Å². The van der Waals surface area contributed by atoms with Gasteiger partial charge in [-0.05, 0) is 54.7 Å². The van der Waals surface area contributed by atoms with Gasteiger partial charge in [-0.3, -0.25) is 0 Å². The van der Waals surface area contributed by atoms with Crippen LogP contribution in [0.15, 0.2) is 22.7 Å². The minimum Gasteiger partial charge on any atom is -0.497 e. The fourth-order valence-electron chi connectivity index (χ4n) is 3.15. The summed E-state index contributed by atoms with van der Waals surface area (Å²) in [6.45, 7) is 0. The molecule has 3 atom stereocenters.